The Morgan fingerprint density at radius 3 is 1.13 bits per heavy atom. The van der Waals surface area contributed by atoms with Crippen molar-refractivity contribution >= 4 is 28.1 Å². The number of ether oxygens (including phenoxy) is 4. The largest absolute Gasteiger partial charge is 0.490 e. The summed E-state index contributed by atoms with van der Waals surface area (Å²) in [5.74, 6) is 6.40. The van der Waals surface area contributed by atoms with Crippen molar-refractivity contribution in [1.29, 1.82) is 21.0 Å². The van der Waals surface area contributed by atoms with E-state index in [9.17, 15) is 59.2 Å². The van der Waals surface area contributed by atoms with Gasteiger partial charge < -0.3 is 67.1 Å². The third kappa shape index (κ3) is 19.3. The fourth-order valence-corrected chi connectivity index (χ4v) is 20.7. The number of nitrogens with zero attached hydrogens (tertiary/aromatic N) is 16. The number of β-amino-alcohol motifs (C(OH)–C–C–N with tert-alkyl or cyclic N) is 3. The molecule has 20 rings (SSSR count). The number of fused-ring (bicyclic) bond motifs is 12. The molecular formula is C101H100N16O18S. The lowest BCUT2D eigenvalue weighted by Gasteiger charge is -2.34. The van der Waals surface area contributed by atoms with Crippen LogP contribution in [-0.4, -0.2) is 190 Å². The van der Waals surface area contributed by atoms with Gasteiger partial charge in [-0.1, -0.05) is 87.4 Å². The van der Waals surface area contributed by atoms with Crippen molar-refractivity contribution in [1.82, 2.24) is 60.2 Å². The molecular weight excluding hydrogens is 1760 g/mol. The number of aromatic nitrogens is 8. The molecule has 4 saturated heterocycles. The highest BCUT2D eigenvalue weighted by Gasteiger charge is 2.50. The van der Waals surface area contributed by atoms with Gasteiger partial charge in [0.1, 0.15) is 47.3 Å². The Bertz CT molecular complexity index is 6830. The molecule has 0 bridgehead atoms. The van der Waals surface area contributed by atoms with Crippen molar-refractivity contribution < 1.29 is 83.9 Å². The number of carbonyl (C=O) groups excluding carboxylic acids is 3. The highest BCUT2D eigenvalue weighted by Crippen LogP contribution is 2.54. The van der Waals surface area contributed by atoms with Crippen molar-refractivity contribution in [2.45, 2.75) is 162 Å². The summed E-state index contributed by atoms with van der Waals surface area (Å²) in [7, 11) is -4.58. The molecule has 8 atom stereocenters. The molecule has 35 heteroatoms. The second-order valence-corrected chi connectivity index (χ2v) is 36.8. The zero-order chi connectivity index (χ0) is 95.5. The molecule has 4 N–H and O–H groups in total. The number of likely N-dealkylation sites (tertiary alicyclic amines) is 4. The van der Waals surface area contributed by atoms with Crippen molar-refractivity contribution in [2.75, 3.05) is 59.2 Å². The van der Waals surface area contributed by atoms with Crippen LogP contribution >= 0.6 is 0 Å². The topological polar surface area (TPSA) is 476 Å². The van der Waals surface area contributed by atoms with Gasteiger partial charge in [0.2, 0.25) is 41.0 Å². The van der Waals surface area contributed by atoms with Crippen LogP contribution in [0.25, 0.3) is 91.4 Å². The zero-order valence-corrected chi connectivity index (χ0v) is 76.9. The number of aliphatic hydroxyl groups is 3. The van der Waals surface area contributed by atoms with Crippen LogP contribution in [0, 0.1) is 69.0 Å². The molecule has 0 spiro atoms. The molecule has 4 aliphatic heterocycles. The predicted molar refractivity (Wildman–Crippen MR) is 491 cm³/mol. The molecule has 8 heterocycles. The molecule has 4 fully saturated rings. The fourth-order valence-electron chi connectivity index (χ4n) is 20.4. The maximum absolute atomic E-state index is 12.6. The number of aliphatic hydroxyl groups excluding tert-OH is 3. The first-order valence-corrected chi connectivity index (χ1v) is 46.8. The maximum Gasteiger partial charge on any atom is 0.397 e. The number of benzene rings is 8. The average molecular weight is 1860 g/mol. The molecule has 0 radical (unpaired) electrons. The van der Waals surface area contributed by atoms with E-state index in [4.69, 9.17) is 41.6 Å². The monoisotopic (exact) mass is 1860 g/mol. The molecule has 4 aliphatic carbocycles. The fraction of sp³-hybridized carbons (Fsp3) is 0.376. The van der Waals surface area contributed by atoms with Gasteiger partial charge in [0.05, 0.1) is 91.2 Å². The van der Waals surface area contributed by atoms with Crippen LogP contribution in [0.5, 0.6) is 23.0 Å². The molecule has 12 aromatic rings. The van der Waals surface area contributed by atoms with Gasteiger partial charge in [0.15, 0.2) is 0 Å². The third-order valence-electron chi connectivity index (χ3n) is 25.7. The second-order valence-electron chi connectivity index (χ2n) is 35.7. The molecule has 8 aromatic carbocycles. The predicted octanol–water partition coefficient (Wildman–Crippen LogP) is 14.7. The summed E-state index contributed by atoms with van der Waals surface area (Å²) >= 11 is 0. The Morgan fingerprint density at radius 2 is 0.721 bits per heavy atom. The molecule has 136 heavy (non-hydrogen) atoms. The van der Waals surface area contributed by atoms with E-state index in [1.165, 1.54) is 11.1 Å². The van der Waals surface area contributed by atoms with Crippen LogP contribution < -0.4 is 18.9 Å². The number of hydrogen-bond donors (Lipinski definition) is 4. The van der Waals surface area contributed by atoms with E-state index in [-0.39, 0.29) is 117 Å². The van der Waals surface area contributed by atoms with E-state index in [0.29, 0.717) is 166 Å². The van der Waals surface area contributed by atoms with E-state index in [0.717, 1.165) is 94.3 Å². The first kappa shape index (κ1) is 93.4. The number of nitriles is 4. The van der Waals surface area contributed by atoms with Crippen LogP contribution in [-0.2, 0) is 54.6 Å². The molecule has 3 amide bonds. The molecule has 8 unspecified atom stereocenters. The smallest absolute Gasteiger partial charge is 0.397 e. The number of rotatable bonds is 26. The summed E-state index contributed by atoms with van der Waals surface area (Å²) in [6.07, 6.45) is 6.39. The normalized spacial score (nSPS) is 19.1. The van der Waals surface area contributed by atoms with Crippen molar-refractivity contribution in [3.63, 3.8) is 0 Å². The highest BCUT2D eigenvalue weighted by atomic mass is 32.3. The van der Waals surface area contributed by atoms with Crippen molar-refractivity contribution in [2.24, 2.45) is 23.7 Å². The Labute approximate surface area is 784 Å². The number of amides is 3. The van der Waals surface area contributed by atoms with Gasteiger partial charge in [0, 0.05) is 96.0 Å². The summed E-state index contributed by atoms with van der Waals surface area (Å²) in [5, 5.41) is 83.2. The van der Waals surface area contributed by atoms with Gasteiger partial charge in [-0.3, -0.25) is 23.8 Å². The van der Waals surface area contributed by atoms with Crippen molar-refractivity contribution in [3.8, 4) is 139 Å². The summed E-state index contributed by atoms with van der Waals surface area (Å²) in [5.41, 5.74) is 16.7. The molecule has 34 nitrogen and oxygen atoms in total. The summed E-state index contributed by atoms with van der Waals surface area (Å²) in [6, 6.07) is 53.6. The maximum atomic E-state index is 12.6. The van der Waals surface area contributed by atoms with Crippen LogP contribution in [0.1, 0.15) is 178 Å². The Balaban J connectivity index is 0.000000126. The lowest BCUT2D eigenvalue weighted by Crippen LogP contribution is -2.33. The van der Waals surface area contributed by atoms with Crippen LogP contribution in [0.3, 0.4) is 0 Å². The summed E-state index contributed by atoms with van der Waals surface area (Å²) in [4.78, 5) is 63.5. The number of carbonyl (C=O) groups is 3. The van der Waals surface area contributed by atoms with E-state index < -0.39 is 10.4 Å². The lowest BCUT2D eigenvalue weighted by molar-refractivity contribution is -0.130. The lowest BCUT2D eigenvalue weighted by atomic mass is 9.78. The van der Waals surface area contributed by atoms with Crippen LogP contribution in [0.2, 0.25) is 0 Å². The van der Waals surface area contributed by atoms with Gasteiger partial charge in [-0.25, -0.2) is 4.18 Å². The summed E-state index contributed by atoms with van der Waals surface area (Å²) in [6.45, 7) is 17.4. The second kappa shape index (κ2) is 40.0. The van der Waals surface area contributed by atoms with Gasteiger partial charge >= 0.3 is 10.4 Å². The molecule has 0 saturated carbocycles. The standard InChI is InChI=1S/C26H26N4O4.C25H24N4O7S.C25H24N4O4.C25H26N4O3/c1-15(2)33-22-9-7-17(12-18(22)14-27)26-28-25(29-34-26)21-5-3-4-20-19(21)8-6-16-13-23(32)30(10-11-31)24(16)20;1-14(2)35-21-7-6-15(10-17(21)13-26)25-27-24(28-36-25)19-5-3-4-18-20(19)11-16-12-22(30)29(23(16)18)8-9-34-37(31,32)33;1-14(2)32-21-7-6-15(10-17(21)13-26)24-27-25(33-28-24)19-5-3-4-18-20(19)11-16-12-22(31)29(8-9-30)23(16)18;1-15(2)31-22-7-6-17(12-18(22)14-26)25-27-24(28-32-25)20-5-3-4-19-21(20)13-16-8-9-29(10-11-30)23(16)19/h3-5,7,9,12,15-16,24,31H,6,8,10-11,13H2,1-2H3;3-7,10,14,16,23H,8-9,11-12H2,1-2H3,(H,31,32,33);3-7,10,14,16,23,30H,8-9,11-12H2,1-2H3;3-7,12,15-16,23,30H,8-11,13H2,1-2H3. The van der Waals surface area contributed by atoms with Crippen LogP contribution in [0.4, 0.5) is 0 Å². The Kier molecular flexibility index (Phi) is 27.5. The van der Waals surface area contributed by atoms with Gasteiger partial charge in [0.25, 0.3) is 23.6 Å². The van der Waals surface area contributed by atoms with Crippen molar-refractivity contribution in [3.05, 3.63) is 212 Å². The van der Waals surface area contributed by atoms with E-state index in [2.05, 4.69) is 86.1 Å². The van der Waals surface area contributed by atoms with Gasteiger partial charge in [-0.05, 0) is 248 Å². The van der Waals surface area contributed by atoms with Crippen LogP contribution in [0.15, 0.2) is 164 Å². The molecule has 8 aliphatic rings. The van der Waals surface area contributed by atoms with E-state index in [1.807, 2.05) is 128 Å². The Hall–Kier alpha value is -14.4. The summed E-state index contributed by atoms with van der Waals surface area (Å²) < 4.78 is 80.1. The first-order valence-electron chi connectivity index (χ1n) is 45.5. The quantitative estimate of drug-likeness (QED) is 0.0366. The van der Waals surface area contributed by atoms with Gasteiger partial charge in [-0.2, -0.15) is 49.4 Å². The van der Waals surface area contributed by atoms with E-state index >= 15 is 0 Å². The highest BCUT2D eigenvalue weighted by molar-refractivity contribution is 7.80. The molecule has 698 valence electrons. The minimum atomic E-state index is -4.58. The minimum absolute atomic E-state index is 0.0177. The average Bonchev–Trinajstić information content (AvgIpc) is 1.61. The first-order chi connectivity index (χ1) is 65.7. The SMILES string of the molecule is CC(C)Oc1ccc(-c2nc(-c3cccc4c3CC3CC(=O)N(CCOS(=O)(=O)O)C43)no2)cc1C#N.CC(C)Oc1ccc(-c2nc(-c3cccc4c3CC3CCN(CCO)C43)no2)cc1C#N.CC(C)Oc1ccc(-c2nc(-c3cccc4c3CCC3CC(=O)N(CCO)C43)no2)cc1C#N.CC(C)Oc1ccc(-c2noc(-c3cccc4c3CC3CC(=O)N(CCO)C43)n2)cc1C#N. The zero-order valence-electron chi connectivity index (χ0n) is 76.1. The Morgan fingerprint density at radius 1 is 0.390 bits per heavy atom. The number of hydrogen-bond acceptors (Lipinski definition) is 30. The van der Waals surface area contributed by atoms with Gasteiger partial charge in [-0.15, -0.1) is 0 Å². The minimum Gasteiger partial charge on any atom is -0.490 e. The van der Waals surface area contributed by atoms with E-state index in [1.54, 1.807) is 75.4 Å². The molecule has 4 aromatic heterocycles. The third-order valence-corrected chi connectivity index (χ3v) is 26.1.